The third kappa shape index (κ3) is 3.37. The van der Waals surface area contributed by atoms with Crippen LogP contribution in [0.15, 0.2) is 49.1 Å². The first-order valence-electron chi connectivity index (χ1n) is 12.2. The normalized spacial score (nSPS) is 21.1. The minimum absolute atomic E-state index is 0.0481. The third-order valence-corrected chi connectivity index (χ3v) is 9.54. The number of hydrogen-bond donors (Lipinski definition) is 0. The first kappa shape index (κ1) is 22.6. The summed E-state index contributed by atoms with van der Waals surface area (Å²) in [6, 6.07) is 11.8. The maximum absolute atomic E-state index is 4.29. The second kappa shape index (κ2) is 8.56. The number of unbranched alkanes of at least 4 members (excludes halogenated alkanes) is 1. The van der Waals surface area contributed by atoms with E-state index in [1.807, 2.05) is 22.7 Å². The third-order valence-electron chi connectivity index (χ3n) is 7.60. The average Bonchev–Trinajstić information content (AvgIpc) is 3.39. The van der Waals surface area contributed by atoms with Crippen molar-refractivity contribution >= 4 is 39.9 Å². The van der Waals surface area contributed by atoms with Gasteiger partial charge < -0.3 is 0 Å². The van der Waals surface area contributed by atoms with Crippen molar-refractivity contribution in [2.24, 2.45) is 5.92 Å². The molecular formula is C31H34S2. The molecule has 0 fully saturated rings. The number of hydrogen-bond acceptors (Lipinski definition) is 2. The second-order valence-corrected chi connectivity index (χ2v) is 12.7. The standard InChI is InChI=1S/C31H34S2/c1-7-9-12-24-15-14-23-11-10-13-25-28(26-17-19(3)32-21(26)5)30(27-18-20(4)33-22(27)6)31(24,16-8-2)29(23)25/h8,10-11,13-15,17-18,24H,2,7,9,12,16H2,1,3-6H3/t24-,31-/m0/s1. The van der Waals surface area contributed by atoms with E-state index in [4.69, 9.17) is 0 Å². The summed E-state index contributed by atoms with van der Waals surface area (Å²) >= 11 is 3.86. The SMILES string of the molecule is C=CC[C@@]12C(c3cc(C)sc3C)=C(c3cc(C)sc3C)c3cccc(c31)C=C[C@@H]2CCCC. The van der Waals surface area contributed by atoms with Crippen molar-refractivity contribution < 1.29 is 0 Å². The Morgan fingerprint density at radius 1 is 0.970 bits per heavy atom. The molecular weight excluding hydrogens is 436 g/mol. The van der Waals surface area contributed by atoms with Crippen LogP contribution in [0.1, 0.15) is 79.9 Å². The zero-order valence-corrected chi connectivity index (χ0v) is 22.2. The Balaban J connectivity index is 1.94. The summed E-state index contributed by atoms with van der Waals surface area (Å²) in [5, 5.41) is 0. The molecule has 2 aliphatic rings. The molecule has 0 saturated heterocycles. The highest BCUT2D eigenvalue weighted by Crippen LogP contribution is 2.63. The predicted octanol–water partition coefficient (Wildman–Crippen LogP) is 9.66. The molecule has 1 aromatic carbocycles. The van der Waals surface area contributed by atoms with E-state index >= 15 is 0 Å². The lowest BCUT2D eigenvalue weighted by atomic mass is 9.59. The molecule has 170 valence electrons. The smallest absolute Gasteiger partial charge is 0.0324 e. The molecule has 2 atom stereocenters. The summed E-state index contributed by atoms with van der Waals surface area (Å²) in [5.41, 5.74) is 10.2. The molecule has 3 aromatic rings. The Labute approximate surface area is 207 Å². The van der Waals surface area contributed by atoms with Crippen LogP contribution in [0.2, 0.25) is 0 Å². The van der Waals surface area contributed by atoms with Crippen molar-refractivity contribution in [1.29, 1.82) is 0 Å². The second-order valence-electron chi connectivity index (χ2n) is 9.75. The van der Waals surface area contributed by atoms with E-state index in [9.17, 15) is 0 Å². The first-order chi connectivity index (χ1) is 15.9. The van der Waals surface area contributed by atoms with Gasteiger partial charge in [-0.15, -0.1) is 29.3 Å². The van der Waals surface area contributed by atoms with E-state index in [1.165, 1.54) is 66.6 Å². The monoisotopic (exact) mass is 470 g/mol. The number of aryl methyl sites for hydroxylation is 4. The fourth-order valence-electron chi connectivity index (χ4n) is 6.42. The molecule has 0 amide bonds. The largest absolute Gasteiger partial charge is 0.145 e. The van der Waals surface area contributed by atoms with Gasteiger partial charge in [-0.3, -0.25) is 0 Å². The molecule has 2 aromatic heterocycles. The van der Waals surface area contributed by atoms with Crippen LogP contribution in [0.5, 0.6) is 0 Å². The lowest BCUT2D eigenvalue weighted by Gasteiger charge is -2.43. The van der Waals surface area contributed by atoms with Crippen LogP contribution in [0.4, 0.5) is 0 Å². The first-order valence-corrected chi connectivity index (χ1v) is 13.9. The minimum Gasteiger partial charge on any atom is -0.145 e. The molecule has 33 heavy (non-hydrogen) atoms. The molecule has 2 aliphatic carbocycles. The van der Waals surface area contributed by atoms with E-state index in [1.54, 1.807) is 11.1 Å². The minimum atomic E-state index is -0.0481. The molecule has 0 aliphatic heterocycles. The number of allylic oxidation sites excluding steroid dienone is 3. The Hall–Kier alpha value is -2.16. The zero-order valence-electron chi connectivity index (χ0n) is 20.5. The van der Waals surface area contributed by atoms with E-state index in [0.29, 0.717) is 5.92 Å². The molecule has 0 bridgehead atoms. The number of rotatable bonds is 7. The highest BCUT2D eigenvalue weighted by Gasteiger charge is 2.52. The van der Waals surface area contributed by atoms with Crippen LogP contribution in [-0.4, -0.2) is 0 Å². The van der Waals surface area contributed by atoms with Crippen LogP contribution in [0.3, 0.4) is 0 Å². The summed E-state index contributed by atoms with van der Waals surface area (Å²) in [6.07, 6.45) is 11.8. The van der Waals surface area contributed by atoms with Crippen molar-refractivity contribution in [3.63, 3.8) is 0 Å². The maximum Gasteiger partial charge on any atom is 0.0324 e. The van der Waals surface area contributed by atoms with Gasteiger partial charge in [-0.2, -0.15) is 0 Å². The summed E-state index contributed by atoms with van der Waals surface area (Å²) in [4.78, 5) is 5.65. The average molecular weight is 471 g/mol. The van der Waals surface area contributed by atoms with E-state index in [0.717, 1.165) is 6.42 Å². The van der Waals surface area contributed by atoms with Crippen LogP contribution in [0, 0.1) is 33.6 Å². The molecule has 5 rings (SSSR count). The van der Waals surface area contributed by atoms with Crippen molar-refractivity contribution in [3.05, 3.63) is 96.4 Å². The predicted molar refractivity (Wildman–Crippen MR) is 148 cm³/mol. The Bertz CT molecular complexity index is 1290. The topological polar surface area (TPSA) is 0 Å². The van der Waals surface area contributed by atoms with Crippen LogP contribution in [0.25, 0.3) is 17.2 Å². The maximum atomic E-state index is 4.29. The molecule has 2 heteroatoms. The molecule has 0 spiro atoms. The van der Waals surface area contributed by atoms with Gasteiger partial charge in [0.15, 0.2) is 0 Å². The lowest BCUT2D eigenvalue weighted by Crippen LogP contribution is -2.36. The molecule has 0 radical (unpaired) electrons. The lowest BCUT2D eigenvalue weighted by molar-refractivity contribution is 0.379. The zero-order chi connectivity index (χ0) is 23.3. The van der Waals surface area contributed by atoms with Gasteiger partial charge in [0, 0.05) is 24.9 Å². The molecule has 2 heterocycles. The molecule has 0 N–H and O–H groups in total. The van der Waals surface area contributed by atoms with Gasteiger partial charge in [0.2, 0.25) is 0 Å². The summed E-state index contributed by atoms with van der Waals surface area (Å²) in [7, 11) is 0. The van der Waals surface area contributed by atoms with Gasteiger partial charge in [-0.05, 0) is 97.6 Å². The molecule has 0 unspecified atom stereocenters. The van der Waals surface area contributed by atoms with Gasteiger partial charge in [0.05, 0.1) is 0 Å². The van der Waals surface area contributed by atoms with E-state index < -0.39 is 0 Å². The van der Waals surface area contributed by atoms with Gasteiger partial charge in [-0.25, -0.2) is 0 Å². The molecule has 0 saturated carbocycles. The number of benzene rings is 1. The van der Waals surface area contributed by atoms with Crippen molar-refractivity contribution in [1.82, 2.24) is 0 Å². The van der Waals surface area contributed by atoms with Gasteiger partial charge >= 0.3 is 0 Å². The van der Waals surface area contributed by atoms with Crippen molar-refractivity contribution in [3.8, 4) is 0 Å². The van der Waals surface area contributed by atoms with Crippen molar-refractivity contribution in [2.45, 2.75) is 65.7 Å². The Kier molecular flexibility index (Phi) is 5.87. The summed E-state index contributed by atoms with van der Waals surface area (Å²) in [6.45, 7) is 15.7. The highest BCUT2D eigenvalue weighted by atomic mass is 32.1. The van der Waals surface area contributed by atoms with Gasteiger partial charge in [-0.1, -0.05) is 56.2 Å². The fraction of sp³-hybridized carbons (Fsp3) is 0.355. The van der Waals surface area contributed by atoms with E-state index in [2.05, 4.69) is 89.8 Å². The van der Waals surface area contributed by atoms with Crippen LogP contribution in [-0.2, 0) is 5.41 Å². The summed E-state index contributed by atoms with van der Waals surface area (Å²) < 4.78 is 0. The molecule has 0 nitrogen and oxygen atoms in total. The van der Waals surface area contributed by atoms with Crippen molar-refractivity contribution in [2.75, 3.05) is 0 Å². The number of thiophene rings is 2. The Morgan fingerprint density at radius 2 is 1.67 bits per heavy atom. The Morgan fingerprint density at radius 3 is 2.27 bits per heavy atom. The van der Waals surface area contributed by atoms with Gasteiger partial charge in [0.1, 0.15) is 0 Å². The summed E-state index contributed by atoms with van der Waals surface area (Å²) in [5.74, 6) is 0.483. The van der Waals surface area contributed by atoms with Crippen LogP contribution < -0.4 is 0 Å². The van der Waals surface area contributed by atoms with E-state index in [-0.39, 0.29) is 5.41 Å². The van der Waals surface area contributed by atoms with Gasteiger partial charge in [0.25, 0.3) is 0 Å². The quantitative estimate of drug-likeness (QED) is 0.301. The fourth-order valence-corrected chi connectivity index (χ4v) is 8.28. The van der Waals surface area contributed by atoms with Crippen LogP contribution >= 0.6 is 22.7 Å². The highest BCUT2D eigenvalue weighted by molar-refractivity contribution is 7.12.